The molecule has 23 heavy (non-hydrogen) atoms. The van der Waals surface area contributed by atoms with Gasteiger partial charge in [0.1, 0.15) is 0 Å². The third kappa shape index (κ3) is 2.78. The molecule has 0 aliphatic carbocycles. The SMILES string of the molecule is CC[C@@H](O)c1cc2c(Cl)c(C)nn2c(=O)n1Cc1ccccc1. The highest BCUT2D eigenvalue weighted by Crippen LogP contribution is 2.24. The van der Waals surface area contributed by atoms with E-state index >= 15 is 0 Å². The zero-order valence-corrected chi connectivity index (χ0v) is 13.8. The van der Waals surface area contributed by atoms with Gasteiger partial charge in [-0.15, -0.1) is 0 Å². The molecule has 2 heterocycles. The van der Waals surface area contributed by atoms with Crippen LogP contribution in [0.1, 0.15) is 36.4 Å². The van der Waals surface area contributed by atoms with Gasteiger partial charge in [-0.2, -0.15) is 9.61 Å². The van der Waals surface area contributed by atoms with Crippen molar-refractivity contribution in [3.05, 3.63) is 68.9 Å². The van der Waals surface area contributed by atoms with Gasteiger partial charge in [-0.25, -0.2) is 4.79 Å². The Morgan fingerprint density at radius 2 is 2.00 bits per heavy atom. The number of benzene rings is 1. The first-order chi connectivity index (χ1) is 11.0. The maximum Gasteiger partial charge on any atom is 0.349 e. The van der Waals surface area contributed by atoms with Crippen molar-refractivity contribution in [2.45, 2.75) is 32.9 Å². The standard InChI is InChI=1S/C17H18ClN3O2/c1-3-15(22)13-9-14-16(18)11(2)19-21(14)17(23)20(13)10-12-7-5-4-6-8-12/h4-9,15,22H,3,10H2,1-2H3/t15-/m1/s1. The molecular formula is C17H18ClN3O2. The average molecular weight is 332 g/mol. The molecule has 3 aromatic rings. The Kier molecular flexibility index (Phi) is 4.24. The molecule has 5 nitrogen and oxygen atoms in total. The largest absolute Gasteiger partial charge is 0.387 e. The highest BCUT2D eigenvalue weighted by molar-refractivity contribution is 6.34. The van der Waals surface area contributed by atoms with Crippen molar-refractivity contribution in [3.8, 4) is 0 Å². The Balaban J connectivity index is 2.25. The number of halogens is 1. The van der Waals surface area contributed by atoms with Gasteiger partial charge in [0.2, 0.25) is 0 Å². The van der Waals surface area contributed by atoms with Crippen molar-refractivity contribution >= 4 is 17.1 Å². The second kappa shape index (κ2) is 6.18. The molecule has 0 spiro atoms. The van der Waals surface area contributed by atoms with Gasteiger partial charge in [-0.3, -0.25) is 4.57 Å². The number of aromatic nitrogens is 3. The first-order valence-corrected chi connectivity index (χ1v) is 7.91. The molecule has 1 N–H and O–H groups in total. The van der Waals surface area contributed by atoms with Crippen LogP contribution < -0.4 is 5.69 Å². The van der Waals surface area contributed by atoms with E-state index in [-0.39, 0.29) is 5.69 Å². The van der Waals surface area contributed by atoms with Gasteiger partial charge in [-0.1, -0.05) is 48.9 Å². The molecule has 2 aromatic heterocycles. The van der Waals surface area contributed by atoms with Crippen molar-refractivity contribution in [1.82, 2.24) is 14.2 Å². The molecule has 0 fully saturated rings. The summed E-state index contributed by atoms with van der Waals surface area (Å²) in [6.07, 6.45) is -0.225. The van der Waals surface area contributed by atoms with Crippen LogP contribution in [0.3, 0.4) is 0 Å². The first kappa shape index (κ1) is 15.8. The van der Waals surface area contributed by atoms with Gasteiger partial charge < -0.3 is 5.11 Å². The topological polar surface area (TPSA) is 59.5 Å². The molecule has 0 aliphatic heterocycles. The monoisotopic (exact) mass is 331 g/mol. The van der Waals surface area contributed by atoms with E-state index in [9.17, 15) is 9.90 Å². The molecule has 1 atom stereocenters. The summed E-state index contributed by atoms with van der Waals surface area (Å²) in [5.74, 6) is 0. The van der Waals surface area contributed by atoms with Crippen LogP contribution in [0.15, 0.2) is 41.2 Å². The van der Waals surface area contributed by atoms with E-state index < -0.39 is 6.10 Å². The molecule has 0 bridgehead atoms. The summed E-state index contributed by atoms with van der Waals surface area (Å²) in [5, 5.41) is 15.0. The van der Waals surface area contributed by atoms with Gasteiger partial charge in [0.05, 0.1) is 34.6 Å². The predicted molar refractivity (Wildman–Crippen MR) is 90.0 cm³/mol. The van der Waals surface area contributed by atoms with E-state index in [2.05, 4.69) is 5.10 Å². The molecule has 0 amide bonds. The van der Waals surface area contributed by atoms with Crippen molar-refractivity contribution in [1.29, 1.82) is 0 Å². The van der Waals surface area contributed by atoms with Gasteiger partial charge in [-0.05, 0) is 25.0 Å². The normalized spacial score (nSPS) is 12.7. The van der Waals surface area contributed by atoms with Crippen LogP contribution in [0.2, 0.25) is 5.02 Å². The van der Waals surface area contributed by atoms with Crippen LogP contribution in [-0.2, 0) is 6.54 Å². The number of aryl methyl sites for hydroxylation is 1. The second-order valence-corrected chi connectivity index (χ2v) is 5.92. The molecule has 0 saturated carbocycles. The lowest BCUT2D eigenvalue weighted by Crippen LogP contribution is -2.31. The van der Waals surface area contributed by atoms with Crippen molar-refractivity contribution in [2.75, 3.05) is 0 Å². The third-order valence-electron chi connectivity index (χ3n) is 3.94. The Morgan fingerprint density at radius 3 is 2.65 bits per heavy atom. The van der Waals surface area contributed by atoms with Crippen LogP contribution in [0.4, 0.5) is 0 Å². The third-order valence-corrected chi connectivity index (χ3v) is 4.41. The first-order valence-electron chi connectivity index (χ1n) is 7.53. The Morgan fingerprint density at radius 1 is 1.30 bits per heavy atom. The summed E-state index contributed by atoms with van der Waals surface area (Å²) in [6, 6.07) is 11.4. The Hall–Kier alpha value is -2.11. The second-order valence-electron chi connectivity index (χ2n) is 5.54. The smallest absolute Gasteiger partial charge is 0.349 e. The maximum atomic E-state index is 12.8. The molecule has 0 aliphatic rings. The quantitative estimate of drug-likeness (QED) is 0.799. The fraction of sp³-hybridized carbons (Fsp3) is 0.294. The summed E-state index contributed by atoms with van der Waals surface area (Å²) in [6.45, 7) is 4.00. The lowest BCUT2D eigenvalue weighted by atomic mass is 10.1. The molecule has 120 valence electrons. The van der Waals surface area contributed by atoms with Crippen LogP contribution in [0, 0.1) is 6.92 Å². The Labute approximate surface area is 138 Å². The van der Waals surface area contributed by atoms with E-state index in [1.807, 2.05) is 37.3 Å². The number of nitrogens with zero attached hydrogens (tertiary/aromatic N) is 3. The summed E-state index contributed by atoms with van der Waals surface area (Å²) < 4.78 is 2.85. The lowest BCUT2D eigenvalue weighted by Gasteiger charge is -2.17. The molecule has 0 saturated heterocycles. The van der Waals surface area contributed by atoms with E-state index in [4.69, 9.17) is 11.6 Å². The van der Waals surface area contributed by atoms with E-state index in [0.717, 1.165) is 5.56 Å². The van der Waals surface area contributed by atoms with Gasteiger partial charge >= 0.3 is 5.69 Å². The minimum atomic E-state index is -0.734. The van der Waals surface area contributed by atoms with E-state index in [1.165, 1.54) is 4.52 Å². The minimum absolute atomic E-state index is 0.302. The van der Waals surface area contributed by atoms with Gasteiger partial charge in [0.25, 0.3) is 0 Å². The van der Waals surface area contributed by atoms with Crippen LogP contribution >= 0.6 is 11.6 Å². The van der Waals surface area contributed by atoms with Gasteiger partial charge in [0, 0.05) is 0 Å². The number of hydrogen-bond donors (Lipinski definition) is 1. The molecular weight excluding hydrogens is 314 g/mol. The summed E-state index contributed by atoms with van der Waals surface area (Å²) in [7, 11) is 0. The van der Waals surface area contributed by atoms with Crippen molar-refractivity contribution in [2.24, 2.45) is 0 Å². The number of aliphatic hydroxyl groups is 1. The number of rotatable bonds is 4. The fourth-order valence-electron chi connectivity index (χ4n) is 2.65. The lowest BCUT2D eigenvalue weighted by molar-refractivity contribution is 0.162. The van der Waals surface area contributed by atoms with Crippen LogP contribution in [0.25, 0.3) is 5.52 Å². The summed E-state index contributed by atoms with van der Waals surface area (Å²) >= 11 is 6.23. The minimum Gasteiger partial charge on any atom is -0.387 e. The molecule has 0 radical (unpaired) electrons. The maximum absolute atomic E-state index is 12.8. The number of aliphatic hydroxyl groups excluding tert-OH is 1. The predicted octanol–water partition coefficient (Wildman–Crippen LogP) is 2.95. The van der Waals surface area contributed by atoms with E-state index in [0.29, 0.717) is 34.9 Å². The molecule has 0 unspecified atom stereocenters. The summed E-state index contributed by atoms with van der Waals surface area (Å²) in [4.78, 5) is 12.8. The van der Waals surface area contributed by atoms with E-state index in [1.54, 1.807) is 17.6 Å². The van der Waals surface area contributed by atoms with Crippen molar-refractivity contribution in [3.63, 3.8) is 0 Å². The average Bonchev–Trinajstić information content (AvgIpc) is 2.85. The van der Waals surface area contributed by atoms with Crippen LogP contribution in [0.5, 0.6) is 0 Å². The van der Waals surface area contributed by atoms with Gasteiger partial charge in [0.15, 0.2) is 0 Å². The number of hydrogen-bond acceptors (Lipinski definition) is 3. The molecule has 6 heteroatoms. The molecule has 3 rings (SSSR count). The van der Waals surface area contributed by atoms with Crippen LogP contribution in [-0.4, -0.2) is 19.3 Å². The van der Waals surface area contributed by atoms with Crippen molar-refractivity contribution < 1.29 is 5.11 Å². The zero-order chi connectivity index (χ0) is 16.6. The highest BCUT2D eigenvalue weighted by Gasteiger charge is 2.18. The fourth-order valence-corrected chi connectivity index (χ4v) is 2.82. The zero-order valence-electron chi connectivity index (χ0n) is 13.0. The number of fused-ring (bicyclic) bond motifs is 1. The summed E-state index contributed by atoms with van der Waals surface area (Å²) in [5.41, 5.74) is 2.35. The molecule has 1 aromatic carbocycles. The highest BCUT2D eigenvalue weighted by atomic mass is 35.5. The Bertz CT molecular complexity index is 900.